The molecular weight excluding hydrogens is 358 g/mol. The second-order valence-corrected chi connectivity index (χ2v) is 6.33. The Morgan fingerprint density at radius 1 is 1.38 bits per heavy atom. The second-order valence-electron chi connectivity index (χ2n) is 5.00. The van der Waals surface area contributed by atoms with Crippen LogP contribution in [-0.2, 0) is 4.79 Å². The summed E-state index contributed by atoms with van der Waals surface area (Å²) in [5.41, 5.74) is 5.68. The molecule has 0 unspecified atom stereocenters. The van der Waals surface area contributed by atoms with Crippen LogP contribution in [0.25, 0.3) is 0 Å². The van der Waals surface area contributed by atoms with Crippen molar-refractivity contribution in [1.29, 1.82) is 0 Å². The molecule has 0 saturated carbocycles. The zero-order valence-corrected chi connectivity index (χ0v) is 13.8. The fraction of sp³-hybridized carbons (Fsp3) is 0.429. The van der Waals surface area contributed by atoms with Crippen LogP contribution in [0.15, 0.2) is 22.7 Å². The van der Waals surface area contributed by atoms with Crippen molar-refractivity contribution < 1.29 is 9.59 Å². The lowest BCUT2D eigenvalue weighted by atomic mass is 10.0. The maximum absolute atomic E-state index is 12.7. The molecule has 1 saturated heterocycles. The van der Waals surface area contributed by atoms with E-state index >= 15 is 0 Å². The van der Waals surface area contributed by atoms with E-state index in [4.69, 9.17) is 17.3 Å². The molecule has 0 aliphatic carbocycles. The van der Waals surface area contributed by atoms with E-state index < -0.39 is 5.91 Å². The van der Waals surface area contributed by atoms with Crippen molar-refractivity contribution in [3.8, 4) is 0 Å². The van der Waals surface area contributed by atoms with Crippen LogP contribution in [0.2, 0.25) is 5.02 Å². The Morgan fingerprint density at radius 2 is 2.05 bits per heavy atom. The number of benzene rings is 1. The summed E-state index contributed by atoms with van der Waals surface area (Å²) in [6.07, 6.45) is 1.60. The molecule has 2 amide bonds. The topological polar surface area (TPSA) is 75.4 Å². The van der Waals surface area contributed by atoms with Crippen LogP contribution in [0, 0.1) is 0 Å². The molecule has 1 aliphatic heterocycles. The van der Waals surface area contributed by atoms with E-state index in [0.29, 0.717) is 10.6 Å². The van der Waals surface area contributed by atoms with Crippen LogP contribution in [-0.4, -0.2) is 42.4 Å². The van der Waals surface area contributed by atoms with Crippen LogP contribution >= 0.6 is 27.5 Å². The van der Waals surface area contributed by atoms with E-state index in [0.717, 1.165) is 30.4 Å². The Kier molecular flexibility index (Phi) is 5.61. The number of carbonyl (C=O) groups is 2. The summed E-state index contributed by atoms with van der Waals surface area (Å²) in [6, 6.07) is 5.08. The number of hydrogen-bond donors (Lipinski definition) is 2. The lowest BCUT2D eigenvalue weighted by Crippen LogP contribution is -2.49. The lowest BCUT2D eigenvalue weighted by molar-refractivity contribution is -0.119. The predicted molar refractivity (Wildman–Crippen MR) is 85.3 cm³/mol. The number of primary amides is 1. The van der Waals surface area contributed by atoms with Gasteiger partial charge >= 0.3 is 0 Å². The zero-order chi connectivity index (χ0) is 15.4. The number of nitrogens with one attached hydrogen (secondary N) is 1. The predicted octanol–water partition coefficient (Wildman–Crippen LogP) is 1.78. The summed E-state index contributed by atoms with van der Waals surface area (Å²) >= 11 is 9.45. The molecule has 1 aliphatic rings. The minimum Gasteiger partial charge on any atom is -0.368 e. The molecular formula is C14H17BrClN3O2. The number of carbonyl (C=O) groups excluding carboxylic acids is 2. The summed E-state index contributed by atoms with van der Waals surface area (Å²) in [5.74, 6) is -0.770. The Labute approximate surface area is 136 Å². The second kappa shape index (κ2) is 7.24. The Hall–Kier alpha value is -1.11. The van der Waals surface area contributed by atoms with Crippen LogP contribution in [0.3, 0.4) is 0 Å². The highest BCUT2D eigenvalue weighted by Crippen LogP contribution is 2.24. The van der Waals surface area contributed by atoms with Gasteiger partial charge in [0.25, 0.3) is 5.91 Å². The van der Waals surface area contributed by atoms with Gasteiger partial charge in [0, 0.05) is 10.5 Å². The monoisotopic (exact) mass is 373 g/mol. The maximum Gasteiger partial charge on any atom is 0.256 e. The van der Waals surface area contributed by atoms with Gasteiger partial charge in [-0.2, -0.15) is 0 Å². The van der Waals surface area contributed by atoms with Gasteiger partial charge in [-0.3, -0.25) is 9.59 Å². The molecule has 1 aromatic carbocycles. The molecule has 21 heavy (non-hydrogen) atoms. The molecule has 1 aromatic rings. The first-order chi connectivity index (χ1) is 9.99. The van der Waals surface area contributed by atoms with Gasteiger partial charge in [0.1, 0.15) is 0 Å². The van der Waals surface area contributed by atoms with Gasteiger partial charge in [-0.05, 0) is 44.1 Å². The molecule has 2 rings (SSSR count). The summed E-state index contributed by atoms with van der Waals surface area (Å²) in [7, 11) is 0. The van der Waals surface area contributed by atoms with Gasteiger partial charge in [-0.1, -0.05) is 27.5 Å². The van der Waals surface area contributed by atoms with E-state index in [2.05, 4.69) is 21.2 Å². The van der Waals surface area contributed by atoms with Gasteiger partial charge in [0.05, 0.1) is 17.1 Å². The van der Waals surface area contributed by atoms with Crippen LogP contribution in [0.1, 0.15) is 23.2 Å². The van der Waals surface area contributed by atoms with Gasteiger partial charge in [0.15, 0.2) is 0 Å². The van der Waals surface area contributed by atoms with Crippen molar-refractivity contribution in [1.82, 2.24) is 10.2 Å². The molecule has 3 N–H and O–H groups in total. The van der Waals surface area contributed by atoms with Gasteiger partial charge in [0.2, 0.25) is 5.91 Å². The van der Waals surface area contributed by atoms with Gasteiger partial charge in [-0.25, -0.2) is 0 Å². The van der Waals surface area contributed by atoms with E-state index in [1.165, 1.54) is 4.90 Å². The van der Waals surface area contributed by atoms with E-state index in [1.54, 1.807) is 18.2 Å². The third-order valence-corrected chi connectivity index (χ3v) is 4.30. The average Bonchev–Trinajstić information content (AvgIpc) is 2.45. The molecule has 7 heteroatoms. The fourth-order valence-corrected chi connectivity index (χ4v) is 3.22. The number of rotatable bonds is 4. The summed E-state index contributed by atoms with van der Waals surface area (Å²) < 4.78 is 0.798. The van der Waals surface area contributed by atoms with Crippen molar-refractivity contribution in [3.63, 3.8) is 0 Å². The number of piperidine rings is 1. The number of amides is 2. The molecule has 114 valence electrons. The number of nitrogens with two attached hydrogens (primary N) is 1. The molecule has 0 atom stereocenters. The van der Waals surface area contributed by atoms with Crippen LogP contribution in [0.4, 0.5) is 0 Å². The van der Waals surface area contributed by atoms with Crippen molar-refractivity contribution in [2.45, 2.75) is 18.9 Å². The van der Waals surface area contributed by atoms with E-state index in [-0.39, 0.29) is 18.5 Å². The number of nitrogens with zero attached hydrogens (tertiary/aromatic N) is 1. The first kappa shape index (κ1) is 16.3. The maximum atomic E-state index is 12.7. The highest BCUT2D eigenvalue weighted by atomic mass is 79.9. The first-order valence-corrected chi connectivity index (χ1v) is 7.91. The molecule has 0 bridgehead atoms. The minimum atomic E-state index is -0.518. The third kappa shape index (κ3) is 4.18. The highest BCUT2D eigenvalue weighted by Gasteiger charge is 2.28. The Balaban J connectivity index is 2.26. The normalized spacial score (nSPS) is 15.7. The molecule has 1 heterocycles. The fourth-order valence-electron chi connectivity index (χ4n) is 2.47. The standard InChI is InChI=1S/C14H17BrClN3O2/c15-9-1-2-11(12(16)7-9)14(21)19(8-13(17)20)10-3-5-18-6-4-10/h1-2,7,10,18H,3-6,8H2,(H2,17,20). The van der Waals surface area contributed by atoms with Crippen LogP contribution in [0.5, 0.6) is 0 Å². The van der Waals surface area contributed by atoms with Gasteiger partial charge < -0.3 is 16.0 Å². The smallest absolute Gasteiger partial charge is 0.256 e. The lowest BCUT2D eigenvalue weighted by Gasteiger charge is -2.34. The number of halogens is 2. The molecule has 1 fully saturated rings. The first-order valence-electron chi connectivity index (χ1n) is 6.74. The van der Waals surface area contributed by atoms with E-state index in [9.17, 15) is 9.59 Å². The quantitative estimate of drug-likeness (QED) is 0.843. The summed E-state index contributed by atoms with van der Waals surface area (Å²) in [4.78, 5) is 25.5. The van der Waals surface area contributed by atoms with E-state index in [1.807, 2.05) is 0 Å². The van der Waals surface area contributed by atoms with Crippen molar-refractivity contribution in [3.05, 3.63) is 33.3 Å². The molecule has 0 spiro atoms. The minimum absolute atomic E-state index is 0.00552. The van der Waals surface area contributed by atoms with Crippen molar-refractivity contribution in [2.75, 3.05) is 19.6 Å². The van der Waals surface area contributed by atoms with Crippen LogP contribution < -0.4 is 11.1 Å². The SMILES string of the molecule is NC(=O)CN(C(=O)c1ccc(Br)cc1Cl)C1CCNCC1. The third-order valence-electron chi connectivity index (χ3n) is 3.50. The van der Waals surface area contributed by atoms with Crippen molar-refractivity contribution in [2.24, 2.45) is 5.73 Å². The van der Waals surface area contributed by atoms with Crippen molar-refractivity contribution >= 4 is 39.3 Å². The molecule has 0 aromatic heterocycles. The summed E-state index contributed by atoms with van der Waals surface area (Å²) in [5, 5.41) is 3.59. The largest absolute Gasteiger partial charge is 0.368 e. The Morgan fingerprint density at radius 3 is 2.62 bits per heavy atom. The molecule has 5 nitrogen and oxygen atoms in total. The van der Waals surface area contributed by atoms with Gasteiger partial charge in [-0.15, -0.1) is 0 Å². The Bertz CT molecular complexity index is 547. The average molecular weight is 375 g/mol. The number of hydrogen-bond acceptors (Lipinski definition) is 3. The molecule has 0 radical (unpaired) electrons. The zero-order valence-electron chi connectivity index (χ0n) is 11.4. The highest BCUT2D eigenvalue weighted by molar-refractivity contribution is 9.10. The summed E-state index contributed by atoms with van der Waals surface area (Å²) in [6.45, 7) is 1.55.